The Hall–Kier alpha value is -1.98. The lowest BCUT2D eigenvalue weighted by Crippen LogP contribution is -2.56. The third-order valence-electron chi connectivity index (χ3n) is 5.67. The molecule has 26 heavy (non-hydrogen) atoms. The molecule has 6 heteroatoms. The van der Waals surface area contributed by atoms with Crippen LogP contribution in [0, 0.1) is 11.3 Å². The average molecular weight is 361 g/mol. The molecule has 0 saturated carbocycles. The van der Waals surface area contributed by atoms with E-state index in [2.05, 4.69) is 19.2 Å². The number of nitrogens with one attached hydrogen (secondary N) is 1. The van der Waals surface area contributed by atoms with E-state index in [0.29, 0.717) is 18.9 Å². The maximum absolute atomic E-state index is 12.6. The van der Waals surface area contributed by atoms with Gasteiger partial charge >= 0.3 is 6.03 Å². The molecule has 1 aromatic rings. The smallest absolute Gasteiger partial charge is 0.317 e. The van der Waals surface area contributed by atoms with Crippen LogP contribution in [-0.4, -0.2) is 47.9 Å². The predicted octanol–water partition coefficient (Wildman–Crippen LogP) is 3.24. The normalized spacial score (nSPS) is 23.7. The second-order valence-corrected chi connectivity index (χ2v) is 8.26. The van der Waals surface area contributed by atoms with Gasteiger partial charge < -0.3 is 19.5 Å². The second-order valence-electron chi connectivity index (χ2n) is 8.26. The van der Waals surface area contributed by atoms with Crippen LogP contribution in [0.15, 0.2) is 22.8 Å². The first kappa shape index (κ1) is 18.8. The van der Waals surface area contributed by atoms with Crippen LogP contribution in [0.5, 0.6) is 0 Å². The second kappa shape index (κ2) is 8.14. The van der Waals surface area contributed by atoms with E-state index in [1.165, 1.54) is 0 Å². The van der Waals surface area contributed by atoms with E-state index in [4.69, 9.17) is 4.42 Å². The zero-order valence-corrected chi connectivity index (χ0v) is 16.0. The van der Waals surface area contributed by atoms with Gasteiger partial charge in [0.1, 0.15) is 5.76 Å². The maximum Gasteiger partial charge on any atom is 0.317 e. The number of urea groups is 1. The van der Waals surface area contributed by atoms with Crippen molar-refractivity contribution in [1.29, 1.82) is 0 Å². The van der Waals surface area contributed by atoms with Gasteiger partial charge in [-0.05, 0) is 43.7 Å². The highest BCUT2D eigenvalue weighted by atomic mass is 16.3. The summed E-state index contributed by atoms with van der Waals surface area (Å²) in [6.45, 7) is 7.94. The molecule has 1 aromatic heterocycles. The van der Waals surface area contributed by atoms with E-state index in [1.54, 1.807) is 6.26 Å². The number of furan rings is 1. The Labute approximate surface area is 155 Å². The fourth-order valence-electron chi connectivity index (χ4n) is 4.12. The quantitative estimate of drug-likeness (QED) is 0.875. The van der Waals surface area contributed by atoms with Crippen molar-refractivity contribution < 1.29 is 14.0 Å². The minimum absolute atomic E-state index is 0.0360. The number of piperidine rings is 2. The summed E-state index contributed by atoms with van der Waals surface area (Å²) >= 11 is 0. The lowest BCUT2D eigenvalue weighted by molar-refractivity contribution is -0.139. The van der Waals surface area contributed by atoms with Crippen LogP contribution < -0.4 is 5.32 Å². The third-order valence-corrected chi connectivity index (χ3v) is 5.67. The van der Waals surface area contributed by atoms with E-state index in [1.807, 2.05) is 21.9 Å². The summed E-state index contributed by atoms with van der Waals surface area (Å²) in [5.41, 5.74) is 0.0607. The van der Waals surface area contributed by atoms with Crippen LogP contribution >= 0.6 is 0 Å². The zero-order valence-electron chi connectivity index (χ0n) is 16.0. The monoisotopic (exact) mass is 361 g/mol. The van der Waals surface area contributed by atoms with Gasteiger partial charge in [-0.15, -0.1) is 0 Å². The highest BCUT2D eigenvalue weighted by Gasteiger charge is 2.42. The molecule has 144 valence electrons. The maximum atomic E-state index is 12.6. The summed E-state index contributed by atoms with van der Waals surface area (Å²) in [5, 5.41) is 2.95. The van der Waals surface area contributed by atoms with Crippen LogP contribution in [0.3, 0.4) is 0 Å². The van der Waals surface area contributed by atoms with Gasteiger partial charge in [-0.2, -0.15) is 0 Å². The van der Waals surface area contributed by atoms with E-state index in [0.717, 1.165) is 57.6 Å². The van der Waals surface area contributed by atoms with Crippen molar-refractivity contribution >= 4 is 11.9 Å². The molecule has 1 atom stereocenters. The molecular formula is C20H31N3O3. The molecule has 2 aliphatic rings. The van der Waals surface area contributed by atoms with E-state index >= 15 is 0 Å². The molecule has 2 fully saturated rings. The van der Waals surface area contributed by atoms with Crippen molar-refractivity contribution in [3.05, 3.63) is 24.2 Å². The summed E-state index contributed by atoms with van der Waals surface area (Å²) in [7, 11) is 0. The Balaban J connectivity index is 1.57. The first-order valence-electron chi connectivity index (χ1n) is 9.80. The predicted molar refractivity (Wildman–Crippen MR) is 99.5 cm³/mol. The van der Waals surface area contributed by atoms with Gasteiger partial charge in [0, 0.05) is 38.0 Å². The summed E-state index contributed by atoms with van der Waals surface area (Å²) in [6, 6.07) is 3.64. The van der Waals surface area contributed by atoms with Gasteiger partial charge in [-0.1, -0.05) is 13.8 Å². The van der Waals surface area contributed by atoms with Gasteiger partial charge in [0.15, 0.2) is 0 Å². The minimum Gasteiger partial charge on any atom is -0.467 e. The topological polar surface area (TPSA) is 65.8 Å². The standard InChI is InChI=1S/C20H31N3O3/c1-16(2)7-11-22-14-20(9-6-18(22)24)8-4-10-23(15-20)19(25)21-13-17-5-3-12-26-17/h3,5,12,16H,4,6-11,13-15H2,1-2H3,(H,21,25). The van der Waals surface area contributed by atoms with Gasteiger partial charge in [-0.3, -0.25) is 4.79 Å². The van der Waals surface area contributed by atoms with Crippen LogP contribution in [0.1, 0.15) is 51.7 Å². The van der Waals surface area contributed by atoms with Crippen molar-refractivity contribution in [2.24, 2.45) is 11.3 Å². The summed E-state index contributed by atoms with van der Waals surface area (Å²) in [6.07, 6.45) is 6.25. The SMILES string of the molecule is CC(C)CCN1CC2(CCCN(C(=O)NCc3ccco3)C2)CCC1=O. The molecule has 1 unspecified atom stereocenters. The molecule has 2 saturated heterocycles. The number of carbonyl (C=O) groups is 2. The number of nitrogens with zero attached hydrogens (tertiary/aromatic N) is 2. The van der Waals surface area contributed by atoms with Crippen LogP contribution in [0.25, 0.3) is 0 Å². The Kier molecular flexibility index (Phi) is 5.89. The van der Waals surface area contributed by atoms with Gasteiger partial charge in [0.2, 0.25) is 5.91 Å². The first-order chi connectivity index (χ1) is 12.5. The minimum atomic E-state index is -0.0360. The molecule has 1 N–H and O–H groups in total. The van der Waals surface area contributed by atoms with Crippen LogP contribution in [0.4, 0.5) is 4.79 Å². The number of amides is 3. The first-order valence-corrected chi connectivity index (χ1v) is 9.80. The molecule has 3 heterocycles. The summed E-state index contributed by atoms with van der Waals surface area (Å²) in [4.78, 5) is 28.8. The lowest BCUT2D eigenvalue weighted by Gasteiger charge is -2.48. The molecule has 6 nitrogen and oxygen atoms in total. The molecular weight excluding hydrogens is 330 g/mol. The Morgan fingerprint density at radius 2 is 2.19 bits per heavy atom. The van der Waals surface area contributed by atoms with Crippen molar-refractivity contribution in [3.63, 3.8) is 0 Å². The van der Waals surface area contributed by atoms with Crippen molar-refractivity contribution in [3.8, 4) is 0 Å². The van der Waals surface area contributed by atoms with Crippen molar-refractivity contribution in [2.45, 2.75) is 52.5 Å². The highest BCUT2D eigenvalue weighted by Crippen LogP contribution is 2.39. The Bertz CT molecular complexity index is 614. The zero-order chi connectivity index (χ0) is 18.6. The molecule has 2 aliphatic heterocycles. The highest BCUT2D eigenvalue weighted by molar-refractivity contribution is 5.77. The molecule has 0 radical (unpaired) electrons. The average Bonchev–Trinajstić information content (AvgIpc) is 3.14. The number of carbonyl (C=O) groups excluding carboxylic acids is 2. The van der Waals surface area contributed by atoms with E-state index in [-0.39, 0.29) is 17.4 Å². The van der Waals surface area contributed by atoms with Crippen LogP contribution in [-0.2, 0) is 11.3 Å². The molecule has 0 aliphatic carbocycles. The van der Waals surface area contributed by atoms with Crippen molar-refractivity contribution in [2.75, 3.05) is 26.2 Å². The molecule has 1 spiro atoms. The fraction of sp³-hybridized carbons (Fsp3) is 0.700. The number of rotatable bonds is 5. The van der Waals surface area contributed by atoms with E-state index < -0.39 is 0 Å². The van der Waals surface area contributed by atoms with Gasteiger partial charge in [0.05, 0.1) is 12.8 Å². The summed E-state index contributed by atoms with van der Waals surface area (Å²) < 4.78 is 5.28. The number of likely N-dealkylation sites (tertiary alicyclic amines) is 2. The number of hydrogen-bond donors (Lipinski definition) is 1. The number of hydrogen-bond acceptors (Lipinski definition) is 3. The Morgan fingerprint density at radius 3 is 2.92 bits per heavy atom. The van der Waals surface area contributed by atoms with Crippen molar-refractivity contribution in [1.82, 2.24) is 15.1 Å². The molecule has 3 rings (SSSR count). The van der Waals surface area contributed by atoms with Crippen LogP contribution in [0.2, 0.25) is 0 Å². The fourth-order valence-corrected chi connectivity index (χ4v) is 4.12. The molecule has 0 aromatic carbocycles. The summed E-state index contributed by atoms with van der Waals surface area (Å²) in [5.74, 6) is 1.62. The largest absolute Gasteiger partial charge is 0.467 e. The molecule has 0 bridgehead atoms. The molecule has 3 amide bonds. The lowest BCUT2D eigenvalue weighted by atomic mass is 9.73. The Morgan fingerprint density at radius 1 is 1.35 bits per heavy atom. The third kappa shape index (κ3) is 4.59. The van der Waals surface area contributed by atoms with E-state index in [9.17, 15) is 9.59 Å². The van der Waals surface area contributed by atoms with Gasteiger partial charge in [-0.25, -0.2) is 4.79 Å². The van der Waals surface area contributed by atoms with Gasteiger partial charge in [0.25, 0.3) is 0 Å².